The van der Waals surface area contributed by atoms with Gasteiger partial charge in [-0.3, -0.25) is 4.68 Å². The van der Waals surface area contributed by atoms with E-state index in [2.05, 4.69) is 43.1 Å². The van der Waals surface area contributed by atoms with Crippen molar-refractivity contribution >= 4 is 5.82 Å². The Balaban J connectivity index is 2.53. The summed E-state index contributed by atoms with van der Waals surface area (Å²) in [6, 6.07) is 2.05. The van der Waals surface area contributed by atoms with Crippen LogP contribution in [0.2, 0.25) is 0 Å². The van der Waals surface area contributed by atoms with Gasteiger partial charge in [0, 0.05) is 31.0 Å². The number of hydrogen-bond donors (Lipinski definition) is 1. The quantitative estimate of drug-likeness (QED) is 0.915. The maximum atomic E-state index is 4.74. The molecule has 0 spiro atoms. The van der Waals surface area contributed by atoms with Crippen LogP contribution >= 0.6 is 0 Å². The minimum atomic E-state index is 0.367. The summed E-state index contributed by atoms with van der Waals surface area (Å²) in [5, 5.41) is 7.84. The van der Waals surface area contributed by atoms with Crippen molar-refractivity contribution < 1.29 is 0 Å². The van der Waals surface area contributed by atoms with Gasteiger partial charge in [0.05, 0.1) is 11.3 Å². The number of rotatable bonds is 5. The average molecular weight is 287 g/mol. The van der Waals surface area contributed by atoms with Crippen LogP contribution in [0.4, 0.5) is 5.82 Å². The molecule has 0 amide bonds. The molecule has 0 atom stereocenters. The zero-order valence-electron chi connectivity index (χ0n) is 13.9. The fraction of sp³-hybridized carbons (Fsp3) is 0.562. The zero-order valence-corrected chi connectivity index (χ0v) is 13.9. The highest BCUT2D eigenvalue weighted by Gasteiger charge is 2.17. The Labute approximate surface area is 126 Å². The summed E-state index contributed by atoms with van der Waals surface area (Å²) < 4.78 is 1.88. The summed E-state index contributed by atoms with van der Waals surface area (Å²) in [5.74, 6) is 2.03. The highest BCUT2D eigenvalue weighted by atomic mass is 15.3. The van der Waals surface area contributed by atoms with Crippen LogP contribution in [0.25, 0.3) is 11.4 Å². The second-order valence-corrected chi connectivity index (χ2v) is 5.75. The standard InChI is InChI=1S/C16H25N5/c1-7-8-17-14-9-13(10(2)3)18-16(19-14)15-11(4)20-21(6)12(15)5/h9-10H,7-8H2,1-6H3,(H,17,18,19). The van der Waals surface area contributed by atoms with Gasteiger partial charge in [0.15, 0.2) is 5.82 Å². The fourth-order valence-corrected chi connectivity index (χ4v) is 2.31. The van der Waals surface area contributed by atoms with Crippen LogP contribution in [0, 0.1) is 13.8 Å². The molecule has 0 aliphatic heterocycles. The Morgan fingerprint density at radius 3 is 2.48 bits per heavy atom. The van der Waals surface area contributed by atoms with Crippen molar-refractivity contribution in [1.29, 1.82) is 0 Å². The minimum Gasteiger partial charge on any atom is -0.370 e. The molecule has 0 radical (unpaired) electrons. The highest BCUT2D eigenvalue weighted by molar-refractivity contribution is 5.63. The van der Waals surface area contributed by atoms with Gasteiger partial charge in [-0.05, 0) is 26.2 Å². The molecule has 2 rings (SSSR count). The Morgan fingerprint density at radius 2 is 1.95 bits per heavy atom. The van der Waals surface area contributed by atoms with Crippen LogP contribution in [0.3, 0.4) is 0 Å². The first-order valence-electron chi connectivity index (χ1n) is 7.57. The molecule has 21 heavy (non-hydrogen) atoms. The number of hydrogen-bond acceptors (Lipinski definition) is 4. The first kappa shape index (κ1) is 15.5. The summed E-state index contributed by atoms with van der Waals surface area (Å²) in [6.45, 7) is 11.4. The lowest BCUT2D eigenvalue weighted by Crippen LogP contribution is -2.07. The van der Waals surface area contributed by atoms with Crippen LogP contribution in [-0.2, 0) is 7.05 Å². The van der Waals surface area contributed by atoms with Gasteiger partial charge in [-0.15, -0.1) is 0 Å². The average Bonchev–Trinajstić information content (AvgIpc) is 2.69. The van der Waals surface area contributed by atoms with Crippen molar-refractivity contribution in [3.63, 3.8) is 0 Å². The Morgan fingerprint density at radius 1 is 1.24 bits per heavy atom. The summed E-state index contributed by atoms with van der Waals surface area (Å²) in [7, 11) is 1.95. The monoisotopic (exact) mass is 287 g/mol. The minimum absolute atomic E-state index is 0.367. The maximum Gasteiger partial charge on any atom is 0.165 e. The molecular formula is C16H25N5. The third kappa shape index (κ3) is 3.23. The number of aryl methyl sites for hydroxylation is 2. The van der Waals surface area contributed by atoms with Crippen LogP contribution in [0.15, 0.2) is 6.07 Å². The number of nitrogens with zero attached hydrogens (tertiary/aromatic N) is 4. The van der Waals surface area contributed by atoms with E-state index >= 15 is 0 Å². The van der Waals surface area contributed by atoms with Crippen LogP contribution < -0.4 is 5.32 Å². The molecule has 0 bridgehead atoms. The van der Waals surface area contributed by atoms with Crippen molar-refractivity contribution in [3.05, 3.63) is 23.1 Å². The largest absolute Gasteiger partial charge is 0.370 e. The highest BCUT2D eigenvalue weighted by Crippen LogP contribution is 2.26. The zero-order chi connectivity index (χ0) is 15.6. The molecule has 2 heterocycles. The maximum absolute atomic E-state index is 4.74. The Kier molecular flexibility index (Phi) is 4.60. The molecule has 5 nitrogen and oxygen atoms in total. The van der Waals surface area contributed by atoms with E-state index in [1.807, 2.05) is 24.7 Å². The van der Waals surface area contributed by atoms with Crippen LogP contribution in [-0.4, -0.2) is 26.3 Å². The molecule has 0 unspecified atom stereocenters. The van der Waals surface area contributed by atoms with Gasteiger partial charge in [-0.2, -0.15) is 5.10 Å². The summed E-state index contributed by atoms with van der Waals surface area (Å²) >= 11 is 0. The van der Waals surface area contributed by atoms with E-state index in [1.165, 1.54) is 0 Å². The lowest BCUT2D eigenvalue weighted by Gasteiger charge is -2.12. The van der Waals surface area contributed by atoms with Gasteiger partial charge < -0.3 is 5.32 Å². The molecule has 114 valence electrons. The van der Waals surface area contributed by atoms with Gasteiger partial charge >= 0.3 is 0 Å². The summed E-state index contributed by atoms with van der Waals surface area (Å²) in [5.41, 5.74) is 4.16. The van der Waals surface area contributed by atoms with Crippen molar-refractivity contribution in [2.45, 2.75) is 47.0 Å². The molecule has 0 aromatic carbocycles. The predicted octanol–water partition coefficient (Wildman–Crippen LogP) is 3.44. The van der Waals surface area contributed by atoms with Crippen molar-refractivity contribution in [2.24, 2.45) is 7.05 Å². The molecule has 2 aromatic rings. The molecular weight excluding hydrogens is 262 g/mol. The molecule has 5 heteroatoms. The molecule has 0 aliphatic rings. The van der Waals surface area contributed by atoms with Gasteiger partial charge in [0.25, 0.3) is 0 Å². The molecule has 0 saturated carbocycles. The van der Waals surface area contributed by atoms with Crippen molar-refractivity contribution in [2.75, 3.05) is 11.9 Å². The number of nitrogens with one attached hydrogen (secondary N) is 1. The Bertz CT molecular complexity index is 628. The van der Waals surface area contributed by atoms with E-state index in [4.69, 9.17) is 4.98 Å². The third-order valence-corrected chi connectivity index (χ3v) is 3.63. The molecule has 2 aromatic heterocycles. The van der Waals surface area contributed by atoms with Gasteiger partial charge in [0.2, 0.25) is 0 Å². The third-order valence-electron chi connectivity index (χ3n) is 3.63. The molecule has 0 aliphatic carbocycles. The summed E-state index contributed by atoms with van der Waals surface area (Å²) in [4.78, 5) is 9.42. The fourth-order valence-electron chi connectivity index (χ4n) is 2.31. The van der Waals surface area contributed by atoms with E-state index in [0.717, 1.165) is 47.3 Å². The van der Waals surface area contributed by atoms with Gasteiger partial charge in [-0.25, -0.2) is 9.97 Å². The lowest BCUT2D eigenvalue weighted by molar-refractivity contribution is 0.731. The van der Waals surface area contributed by atoms with E-state index in [9.17, 15) is 0 Å². The van der Waals surface area contributed by atoms with E-state index in [-0.39, 0.29) is 0 Å². The lowest BCUT2D eigenvalue weighted by atomic mass is 10.1. The summed E-state index contributed by atoms with van der Waals surface area (Å²) in [6.07, 6.45) is 1.07. The van der Waals surface area contributed by atoms with Gasteiger partial charge in [-0.1, -0.05) is 20.8 Å². The number of anilines is 1. The normalized spacial score (nSPS) is 11.2. The molecule has 0 fully saturated rings. The number of aromatic nitrogens is 4. The van der Waals surface area contributed by atoms with Crippen molar-refractivity contribution in [3.8, 4) is 11.4 Å². The first-order chi connectivity index (χ1) is 9.93. The topological polar surface area (TPSA) is 55.6 Å². The van der Waals surface area contributed by atoms with Gasteiger partial charge in [0.1, 0.15) is 5.82 Å². The second kappa shape index (κ2) is 6.24. The SMILES string of the molecule is CCCNc1cc(C(C)C)nc(-c2c(C)nn(C)c2C)n1. The predicted molar refractivity (Wildman–Crippen MR) is 86.6 cm³/mol. The first-order valence-corrected chi connectivity index (χ1v) is 7.57. The van der Waals surface area contributed by atoms with E-state index < -0.39 is 0 Å². The molecule has 1 N–H and O–H groups in total. The van der Waals surface area contributed by atoms with E-state index in [1.54, 1.807) is 0 Å². The van der Waals surface area contributed by atoms with Crippen LogP contribution in [0.1, 0.15) is 50.2 Å². The smallest absolute Gasteiger partial charge is 0.165 e. The Hall–Kier alpha value is -1.91. The van der Waals surface area contributed by atoms with E-state index in [0.29, 0.717) is 5.92 Å². The molecule has 0 saturated heterocycles. The second-order valence-electron chi connectivity index (χ2n) is 5.75. The van der Waals surface area contributed by atoms with Crippen molar-refractivity contribution in [1.82, 2.24) is 19.7 Å². The van der Waals surface area contributed by atoms with Crippen LogP contribution in [0.5, 0.6) is 0 Å².